The van der Waals surface area contributed by atoms with Gasteiger partial charge < -0.3 is 15.3 Å². The van der Waals surface area contributed by atoms with Crippen LogP contribution in [0.25, 0.3) is 0 Å². The summed E-state index contributed by atoms with van der Waals surface area (Å²) in [4.78, 5) is 25.7. The summed E-state index contributed by atoms with van der Waals surface area (Å²) in [6, 6.07) is 16.7. The van der Waals surface area contributed by atoms with Crippen molar-refractivity contribution in [3.63, 3.8) is 0 Å². The van der Waals surface area contributed by atoms with E-state index in [1.807, 2.05) is 35.2 Å². The lowest BCUT2D eigenvalue weighted by Gasteiger charge is -2.16. The monoisotopic (exact) mass is 338 g/mol. The van der Waals surface area contributed by atoms with Gasteiger partial charge in [-0.25, -0.2) is 0 Å². The Hall–Kier alpha value is -2.66. The molecule has 2 N–H and O–H groups in total. The van der Waals surface area contributed by atoms with Gasteiger partial charge in [0.05, 0.1) is 0 Å². The lowest BCUT2D eigenvalue weighted by molar-refractivity contribution is -0.130. The largest absolute Gasteiger partial charge is 0.378 e. The first-order valence-electron chi connectivity index (χ1n) is 8.50. The molecule has 5 nitrogen and oxygen atoms in total. The van der Waals surface area contributed by atoms with Crippen LogP contribution >= 0.6 is 0 Å². The van der Waals surface area contributed by atoms with Crippen LogP contribution in [0.1, 0.15) is 35.6 Å². The van der Waals surface area contributed by atoms with Crippen molar-refractivity contribution in [3.05, 3.63) is 71.3 Å². The first-order valence-corrected chi connectivity index (χ1v) is 8.50. The van der Waals surface area contributed by atoms with Crippen molar-refractivity contribution in [1.82, 2.24) is 10.2 Å². The van der Waals surface area contributed by atoms with Gasteiger partial charge in [0.25, 0.3) is 5.91 Å². The lowest BCUT2D eigenvalue weighted by atomic mass is 10.1. The highest BCUT2D eigenvalue weighted by Gasteiger charge is 2.20. The second kappa shape index (κ2) is 7.94. The number of aliphatic hydroxyl groups excluding tert-OH is 1. The SMILES string of the molecule is O=C(NCc1cccc(CN2CCCC2=O)c1)C(O)c1ccccc1. The zero-order valence-corrected chi connectivity index (χ0v) is 14.0. The van der Waals surface area contributed by atoms with Crippen LogP contribution in [0, 0.1) is 0 Å². The number of rotatable bonds is 6. The summed E-state index contributed by atoms with van der Waals surface area (Å²) < 4.78 is 0. The molecule has 130 valence electrons. The van der Waals surface area contributed by atoms with Crippen molar-refractivity contribution < 1.29 is 14.7 Å². The van der Waals surface area contributed by atoms with Crippen LogP contribution in [0.2, 0.25) is 0 Å². The highest BCUT2D eigenvalue weighted by Crippen LogP contribution is 2.16. The highest BCUT2D eigenvalue weighted by atomic mass is 16.3. The van der Waals surface area contributed by atoms with E-state index in [1.54, 1.807) is 24.3 Å². The van der Waals surface area contributed by atoms with Gasteiger partial charge in [-0.1, -0.05) is 54.6 Å². The average Bonchev–Trinajstić information content (AvgIpc) is 3.05. The molecular formula is C20H22N2O3. The third kappa shape index (κ3) is 4.45. The Labute approximate surface area is 147 Å². The van der Waals surface area contributed by atoms with E-state index in [1.165, 1.54) is 0 Å². The predicted octanol–water partition coefficient (Wildman–Crippen LogP) is 2.16. The number of aliphatic hydroxyl groups is 1. The fourth-order valence-corrected chi connectivity index (χ4v) is 3.00. The van der Waals surface area contributed by atoms with Crippen molar-refractivity contribution in [2.45, 2.75) is 32.0 Å². The molecule has 1 fully saturated rings. The molecule has 1 saturated heterocycles. The summed E-state index contributed by atoms with van der Waals surface area (Å²) >= 11 is 0. The van der Waals surface area contributed by atoms with E-state index in [9.17, 15) is 14.7 Å². The number of amides is 2. The number of hydrogen-bond acceptors (Lipinski definition) is 3. The minimum atomic E-state index is -1.17. The Morgan fingerprint density at radius 2 is 1.88 bits per heavy atom. The third-order valence-corrected chi connectivity index (χ3v) is 4.37. The number of nitrogens with one attached hydrogen (secondary N) is 1. The van der Waals surface area contributed by atoms with Gasteiger partial charge in [0.1, 0.15) is 0 Å². The molecule has 0 bridgehead atoms. The van der Waals surface area contributed by atoms with E-state index >= 15 is 0 Å². The van der Waals surface area contributed by atoms with Crippen molar-refractivity contribution in [3.8, 4) is 0 Å². The first-order chi connectivity index (χ1) is 12.1. The minimum absolute atomic E-state index is 0.199. The van der Waals surface area contributed by atoms with Gasteiger partial charge in [-0.3, -0.25) is 9.59 Å². The van der Waals surface area contributed by atoms with Crippen LogP contribution in [0.15, 0.2) is 54.6 Å². The van der Waals surface area contributed by atoms with Crippen molar-refractivity contribution in [2.75, 3.05) is 6.54 Å². The molecular weight excluding hydrogens is 316 g/mol. The van der Waals surface area contributed by atoms with Gasteiger partial charge in [-0.05, 0) is 23.1 Å². The number of hydrogen-bond donors (Lipinski definition) is 2. The van der Waals surface area contributed by atoms with E-state index in [4.69, 9.17) is 0 Å². The summed E-state index contributed by atoms with van der Waals surface area (Å²) in [6.45, 7) is 1.75. The minimum Gasteiger partial charge on any atom is -0.378 e. The molecule has 25 heavy (non-hydrogen) atoms. The normalized spacial score (nSPS) is 15.2. The lowest BCUT2D eigenvalue weighted by Crippen LogP contribution is -2.29. The topological polar surface area (TPSA) is 69.6 Å². The van der Waals surface area contributed by atoms with E-state index in [2.05, 4.69) is 5.32 Å². The van der Waals surface area contributed by atoms with Crippen LogP contribution < -0.4 is 5.32 Å². The standard InChI is InChI=1S/C20H22N2O3/c23-18-10-5-11-22(18)14-16-7-4-6-15(12-16)13-21-20(25)19(24)17-8-2-1-3-9-17/h1-4,6-9,12,19,24H,5,10-11,13-14H2,(H,21,25). The van der Waals surface area contributed by atoms with E-state index in [-0.39, 0.29) is 5.91 Å². The first kappa shape index (κ1) is 17.2. The molecule has 0 spiro atoms. The molecule has 0 radical (unpaired) electrons. The van der Waals surface area contributed by atoms with E-state index in [0.717, 1.165) is 24.1 Å². The quantitative estimate of drug-likeness (QED) is 0.848. The number of benzene rings is 2. The molecule has 1 unspecified atom stereocenters. The fraction of sp³-hybridized carbons (Fsp3) is 0.300. The molecule has 2 aromatic rings. The van der Waals surface area contributed by atoms with Crippen LogP contribution in [0.3, 0.4) is 0 Å². The molecule has 1 aliphatic rings. The third-order valence-electron chi connectivity index (χ3n) is 4.37. The summed E-state index contributed by atoms with van der Waals surface area (Å²) in [5, 5.41) is 12.8. The molecule has 0 aliphatic carbocycles. The van der Waals surface area contributed by atoms with Crippen LogP contribution in [-0.4, -0.2) is 28.4 Å². The summed E-state index contributed by atoms with van der Waals surface area (Å²) in [6.07, 6.45) is 0.380. The number of likely N-dealkylation sites (tertiary alicyclic amines) is 1. The Bertz CT molecular complexity index is 746. The number of carbonyl (C=O) groups excluding carboxylic acids is 2. The van der Waals surface area contributed by atoms with Gasteiger partial charge >= 0.3 is 0 Å². The van der Waals surface area contributed by atoms with Gasteiger partial charge in [0, 0.05) is 26.1 Å². The maximum atomic E-state index is 12.1. The number of carbonyl (C=O) groups is 2. The molecule has 2 aromatic carbocycles. The van der Waals surface area contributed by atoms with Crippen LogP contribution in [0.5, 0.6) is 0 Å². The molecule has 1 atom stereocenters. The van der Waals surface area contributed by atoms with Crippen molar-refractivity contribution in [1.29, 1.82) is 0 Å². The Morgan fingerprint density at radius 3 is 2.60 bits per heavy atom. The molecule has 0 saturated carbocycles. The molecule has 1 aliphatic heterocycles. The summed E-state index contributed by atoms with van der Waals surface area (Å²) in [7, 11) is 0. The highest BCUT2D eigenvalue weighted by molar-refractivity contribution is 5.81. The van der Waals surface area contributed by atoms with E-state index < -0.39 is 12.0 Å². The maximum Gasteiger partial charge on any atom is 0.253 e. The smallest absolute Gasteiger partial charge is 0.253 e. The number of nitrogens with zero attached hydrogens (tertiary/aromatic N) is 1. The van der Waals surface area contributed by atoms with Crippen molar-refractivity contribution >= 4 is 11.8 Å². The Kier molecular flexibility index (Phi) is 5.46. The Morgan fingerprint density at radius 1 is 1.12 bits per heavy atom. The zero-order valence-electron chi connectivity index (χ0n) is 14.0. The van der Waals surface area contributed by atoms with Gasteiger partial charge in [-0.2, -0.15) is 0 Å². The molecule has 2 amide bonds. The van der Waals surface area contributed by atoms with Crippen LogP contribution in [0.4, 0.5) is 0 Å². The van der Waals surface area contributed by atoms with Crippen LogP contribution in [-0.2, 0) is 22.7 Å². The second-order valence-corrected chi connectivity index (χ2v) is 6.27. The molecule has 5 heteroatoms. The fourth-order valence-electron chi connectivity index (χ4n) is 3.00. The van der Waals surface area contributed by atoms with Gasteiger partial charge in [-0.15, -0.1) is 0 Å². The summed E-state index contributed by atoms with van der Waals surface area (Å²) in [5.74, 6) is -0.226. The molecule has 0 aromatic heterocycles. The Balaban J connectivity index is 1.57. The van der Waals surface area contributed by atoms with Gasteiger partial charge in [0.15, 0.2) is 6.10 Å². The average molecular weight is 338 g/mol. The molecule has 1 heterocycles. The second-order valence-electron chi connectivity index (χ2n) is 6.27. The molecule has 3 rings (SSSR count). The zero-order chi connectivity index (χ0) is 17.6. The maximum absolute atomic E-state index is 12.1. The van der Waals surface area contributed by atoms with Gasteiger partial charge in [0.2, 0.25) is 5.91 Å². The van der Waals surface area contributed by atoms with E-state index in [0.29, 0.717) is 25.1 Å². The predicted molar refractivity (Wildman–Crippen MR) is 94.3 cm³/mol. The van der Waals surface area contributed by atoms with Crippen molar-refractivity contribution in [2.24, 2.45) is 0 Å². The summed E-state index contributed by atoms with van der Waals surface area (Å²) in [5.41, 5.74) is 2.56.